The first-order valence-electron chi connectivity index (χ1n) is 9.82. The van der Waals surface area contributed by atoms with E-state index in [0.29, 0.717) is 29.9 Å². The van der Waals surface area contributed by atoms with Crippen LogP contribution in [0.5, 0.6) is 5.75 Å². The van der Waals surface area contributed by atoms with Gasteiger partial charge in [0.15, 0.2) is 0 Å². The van der Waals surface area contributed by atoms with Crippen molar-refractivity contribution in [3.8, 4) is 5.75 Å². The fourth-order valence-electron chi connectivity index (χ4n) is 3.43. The molecule has 0 aliphatic carbocycles. The molecule has 0 fully saturated rings. The molecular weight excluding hydrogens is 378 g/mol. The minimum atomic E-state index is -0.994. The predicted octanol–water partition coefficient (Wildman–Crippen LogP) is 4.34. The number of aromatic nitrogens is 2. The Kier molecular flexibility index (Phi) is 6.06. The van der Waals surface area contributed by atoms with E-state index in [1.807, 2.05) is 36.4 Å². The molecule has 0 atom stereocenters. The zero-order valence-electron chi connectivity index (χ0n) is 16.5. The van der Waals surface area contributed by atoms with Crippen molar-refractivity contribution in [2.75, 3.05) is 13.2 Å². The number of hydrogen-bond acceptors (Lipinski definition) is 4. The molecule has 0 amide bonds. The van der Waals surface area contributed by atoms with Gasteiger partial charge in [-0.1, -0.05) is 60.7 Å². The zero-order valence-corrected chi connectivity index (χ0v) is 16.5. The van der Waals surface area contributed by atoms with Gasteiger partial charge in [0.2, 0.25) is 0 Å². The van der Waals surface area contributed by atoms with E-state index in [1.165, 1.54) is 17.2 Å². The Morgan fingerprint density at radius 3 is 2.20 bits per heavy atom. The summed E-state index contributed by atoms with van der Waals surface area (Å²) in [5, 5.41) is 9.35. The smallest absolute Gasteiger partial charge is 0.335 e. The second-order valence-electron chi connectivity index (χ2n) is 7.11. The number of benzene rings is 3. The SMILES string of the molecule is O=C(O)c1cc(OCCN(Cc2ccccc2)Cc2ccccc2)c2nc[nH]c2c1. The molecule has 3 aromatic carbocycles. The molecule has 0 bridgehead atoms. The lowest BCUT2D eigenvalue weighted by molar-refractivity contribution is 0.0696. The fourth-order valence-corrected chi connectivity index (χ4v) is 3.43. The van der Waals surface area contributed by atoms with Gasteiger partial charge >= 0.3 is 5.97 Å². The number of H-pyrrole nitrogens is 1. The Bertz CT molecular complexity index is 1070. The largest absolute Gasteiger partial charge is 0.490 e. The topological polar surface area (TPSA) is 78.5 Å². The Labute approximate surface area is 174 Å². The number of ether oxygens (including phenoxy) is 1. The number of nitrogens with zero attached hydrogens (tertiary/aromatic N) is 2. The van der Waals surface area contributed by atoms with Gasteiger partial charge in [-0.15, -0.1) is 0 Å². The van der Waals surface area contributed by atoms with E-state index in [2.05, 4.69) is 39.1 Å². The first-order chi connectivity index (χ1) is 14.7. The van der Waals surface area contributed by atoms with Crippen LogP contribution < -0.4 is 4.74 Å². The van der Waals surface area contributed by atoms with Crippen LogP contribution in [0, 0.1) is 0 Å². The maximum absolute atomic E-state index is 11.4. The molecule has 4 aromatic rings. The van der Waals surface area contributed by atoms with Crippen LogP contribution >= 0.6 is 0 Å². The molecular formula is C24H23N3O3. The van der Waals surface area contributed by atoms with Crippen LogP contribution in [0.2, 0.25) is 0 Å². The van der Waals surface area contributed by atoms with Crippen molar-refractivity contribution in [1.82, 2.24) is 14.9 Å². The van der Waals surface area contributed by atoms with Gasteiger partial charge in [-0.05, 0) is 23.3 Å². The van der Waals surface area contributed by atoms with Crippen molar-refractivity contribution in [2.24, 2.45) is 0 Å². The average molecular weight is 401 g/mol. The number of hydrogen-bond donors (Lipinski definition) is 2. The second kappa shape index (κ2) is 9.24. The van der Waals surface area contributed by atoms with Gasteiger partial charge in [-0.25, -0.2) is 9.78 Å². The molecule has 30 heavy (non-hydrogen) atoms. The number of rotatable bonds is 9. The highest BCUT2D eigenvalue weighted by atomic mass is 16.5. The second-order valence-corrected chi connectivity index (χ2v) is 7.11. The summed E-state index contributed by atoms with van der Waals surface area (Å²) in [5.41, 5.74) is 3.92. The lowest BCUT2D eigenvalue weighted by Gasteiger charge is -2.23. The maximum Gasteiger partial charge on any atom is 0.335 e. The van der Waals surface area contributed by atoms with E-state index in [9.17, 15) is 9.90 Å². The Morgan fingerprint density at radius 2 is 1.60 bits per heavy atom. The summed E-state index contributed by atoms with van der Waals surface area (Å²) in [6.07, 6.45) is 1.54. The Balaban J connectivity index is 1.47. The summed E-state index contributed by atoms with van der Waals surface area (Å²) in [6, 6.07) is 23.7. The summed E-state index contributed by atoms with van der Waals surface area (Å²) in [5.74, 6) is -0.517. The zero-order chi connectivity index (χ0) is 20.8. The highest BCUT2D eigenvalue weighted by molar-refractivity contribution is 5.94. The van der Waals surface area contributed by atoms with Crippen LogP contribution in [0.3, 0.4) is 0 Å². The molecule has 0 saturated heterocycles. The monoisotopic (exact) mass is 401 g/mol. The summed E-state index contributed by atoms with van der Waals surface area (Å²) < 4.78 is 5.99. The van der Waals surface area contributed by atoms with Gasteiger partial charge in [-0.2, -0.15) is 0 Å². The first-order valence-corrected chi connectivity index (χ1v) is 9.82. The third-order valence-corrected chi connectivity index (χ3v) is 4.90. The third-order valence-electron chi connectivity index (χ3n) is 4.90. The molecule has 0 aliphatic rings. The lowest BCUT2D eigenvalue weighted by atomic mass is 10.1. The van der Waals surface area contributed by atoms with Gasteiger partial charge in [0.25, 0.3) is 0 Å². The van der Waals surface area contributed by atoms with Crippen LogP contribution in [0.4, 0.5) is 0 Å². The van der Waals surface area contributed by atoms with Gasteiger partial charge in [0.1, 0.15) is 17.9 Å². The van der Waals surface area contributed by atoms with Crippen LogP contribution in [-0.2, 0) is 13.1 Å². The number of imidazole rings is 1. The lowest BCUT2D eigenvalue weighted by Crippen LogP contribution is -2.27. The van der Waals surface area contributed by atoms with Crippen LogP contribution in [0.25, 0.3) is 11.0 Å². The average Bonchev–Trinajstić information content (AvgIpc) is 3.24. The summed E-state index contributed by atoms with van der Waals surface area (Å²) in [6.45, 7) is 2.70. The molecule has 6 heteroatoms. The normalized spacial score (nSPS) is 11.1. The number of nitrogens with one attached hydrogen (secondary N) is 1. The van der Waals surface area contributed by atoms with Crippen molar-refractivity contribution in [3.05, 3.63) is 95.8 Å². The van der Waals surface area contributed by atoms with Gasteiger partial charge in [0, 0.05) is 19.6 Å². The van der Waals surface area contributed by atoms with E-state index >= 15 is 0 Å². The molecule has 0 aliphatic heterocycles. The summed E-state index contributed by atoms with van der Waals surface area (Å²) >= 11 is 0. The van der Waals surface area contributed by atoms with Gasteiger partial charge in [0.05, 0.1) is 17.4 Å². The number of aromatic carboxylic acids is 1. The van der Waals surface area contributed by atoms with E-state index in [1.54, 1.807) is 12.4 Å². The van der Waals surface area contributed by atoms with Crippen LogP contribution in [0.15, 0.2) is 79.1 Å². The number of carbonyl (C=O) groups is 1. The van der Waals surface area contributed by atoms with Crippen molar-refractivity contribution >= 4 is 17.0 Å². The highest BCUT2D eigenvalue weighted by Crippen LogP contribution is 2.25. The standard InChI is InChI=1S/C24H23N3O3/c28-24(29)20-13-21-23(26-17-25-21)22(14-20)30-12-11-27(15-18-7-3-1-4-8-18)16-19-9-5-2-6-10-19/h1-10,13-14,17H,11-12,15-16H2,(H,25,26)(H,28,29). The molecule has 152 valence electrons. The van der Waals surface area contributed by atoms with E-state index in [-0.39, 0.29) is 5.56 Å². The van der Waals surface area contributed by atoms with E-state index < -0.39 is 5.97 Å². The molecule has 2 N–H and O–H groups in total. The molecule has 0 radical (unpaired) electrons. The number of carboxylic acid groups (broad SMARTS) is 1. The molecule has 6 nitrogen and oxygen atoms in total. The minimum absolute atomic E-state index is 0.173. The van der Waals surface area contributed by atoms with Gasteiger partial charge in [-0.3, -0.25) is 4.90 Å². The van der Waals surface area contributed by atoms with Crippen LogP contribution in [-0.4, -0.2) is 39.1 Å². The third kappa shape index (κ3) is 4.85. The molecule has 1 heterocycles. The van der Waals surface area contributed by atoms with Crippen LogP contribution in [0.1, 0.15) is 21.5 Å². The predicted molar refractivity (Wildman–Crippen MR) is 116 cm³/mol. The van der Waals surface area contributed by atoms with Gasteiger partial charge < -0.3 is 14.8 Å². The Hall–Kier alpha value is -3.64. The first kappa shape index (κ1) is 19.7. The molecule has 0 spiro atoms. The fraction of sp³-hybridized carbons (Fsp3) is 0.167. The number of carboxylic acids is 1. The van der Waals surface area contributed by atoms with E-state index in [0.717, 1.165) is 13.1 Å². The number of aromatic amines is 1. The minimum Gasteiger partial charge on any atom is -0.490 e. The highest BCUT2D eigenvalue weighted by Gasteiger charge is 2.13. The van der Waals surface area contributed by atoms with E-state index in [4.69, 9.17) is 4.74 Å². The van der Waals surface area contributed by atoms with Crippen molar-refractivity contribution in [3.63, 3.8) is 0 Å². The quantitative estimate of drug-likeness (QED) is 0.436. The molecule has 0 unspecified atom stereocenters. The molecule has 4 rings (SSSR count). The number of fused-ring (bicyclic) bond motifs is 1. The van der Waals surface area contributed by atoms with Crippen molar-refractivity contribution in [2.45, 2.75) is 13.1 Å². The Morgan fingerprint density at radius 1 is 0.967 bits per heavy atom. The van der Waals surface area contributed by atoms with Crippen molar-refractivity contribution < 1.29 is 14.6 Å². The summed E-state index contributed by atoms with van der Waals surface area (Å²) in [7, 11) is 0. The summed E-state index contributed by atoms with van der Waals surface area (Å²) in [4.78, 5) is 20.9. The molecule has 1 aromatic heterocycles. The molecule has 0 saturated carbocycles. The maximum atomic E-state index is 11.4. The van der Waals surface area contributed by atoms with Crippen molar-refractivity contribution in [1.29, 1.82) is 0 Å².